The first-order valence-electron chi connectivity index (χ1n) is 11.6. The standard InChI is InChI=1S/C25H32N4O3S/c1-5-28(6-2)33(31,32)20-13-14-23-21(17-20)26-24(27(23)4)15-16-25(30)29-18(3)11-12-19-9-7-8-10-22(19)29/h7-10,13-14,17-18H,5-6,11-12,15-16H2,1-4H3. The highest BCUT2D eigenvalue weighted by atomic mass is 32.2. The van der Waals surface area contributed by atoms with Gasteiger partial charge in [-0.3, -0.25) is 4.79 Å². The molecule has 176 valence electrons. The number of hydrogen-bond acceptors (Lipinski definition) is 4. The van der Waals surface area contributed by atoms with Gasteiger partial charge in [0.15, 0.2) is 0 Å². The van der Waals surface area contributed by atoms with Crippen LogP contribution in [-0.2, 0) is 34.7 Å². The third-order valence-electron chi connectivity index (χ3n) is 6.64. The predicted molar refractivity (Wildman–Crippen MR) is 131 cm³/mol. The number of sulfonamides is 1. The molecule has 3 aromatic rings. The van der Waals surface area contributed by atoms with Crippen LogP contribution in [0.4, 0.5) is 5.69 Å². The highest BCUT2D eigenvalue weighted by Gasteiger charge is 2.28. The van der Waals surface area contributed by atoms with Gasteiger partial charge in [-0.15, -0.1) is 0 Å². The van der Waals surface area contributed by atoms with Crippen molar-refractivity contribution in [3.63, 3.8) is 0 Å². The van der Waals surface area contributed by atoms with Gasteiger partial charge in [-0.25, -0.2) is 13.4 Å². The van der Waals surface area contributed by atoms with E-state index in [0.29, 0.717) is 31.4 Å². The number of anilines is 1. The molecule has 33 heavy (non-hydrogen) atoms. The molecule has 8 heteroatoms. The lowest BCUT2D eigenvalue weighted by Crippen LogP contribution is -2.42. The summed E-state index contributed by atoms with van der Waals surface area (Å²) in [5, 5.41) is 0. The number of aryl methyl sites for hydroxylation is 3. The summed E-state index contributed by atoms with van der Waals surface area (Å²) in [4.78, 5) is 20.1. The van der Waals surface area contributed by atoms with Crippen molar-refractivity contribution in [3.8, 4) is 0 Å². The minimum atomic E-state index is -3.55. The number of para-hydroxylation sites is 1. The van der Waals surface area contributed by atoms with Crippen molar-refractivity contribution in [1.82, 2.24) is 13.9 Å². The molecule has 7 nitrogen and oxygen atoms in total. The van der Waals surface area contributed by atoms with E-state index in [-0.39, 0.29) is 16.8 Å². The summed E-state index contributed by atoms with van der Waals surface area (Å²) in [6, 6.07) is 13.4. The molecule has 1 amide bonds. The van der Waals surface area contributed by atoms with Crippen molar-refractivity contribution in [2.75, 3.05) is 18.0 Å². The molecule has 0 spiro atoms. The molecule has 1 aromatic heterocycles. The van der Waals surface area contributed by atoms with Crippen LogP contribution in [0.2, 0.25) is 0 Å². The number of hydrogen-bond donors (Lipinski definition) is 0. The van der Waals surface area contributed by atoms with Gasteiger partial charge in [0, 0.05) is 44.7 Å². The predicted octanol–water partition coefficient (Wildman–Crippen LogP) is 3.90. The first-order valence-corrected chi connectivity index (χ1v) is 13.1. The monoisotopic (exact) mass is 468 g/mol. The van der Waals surface area contributed by atoms with Gasteiger partial charge in [0.25, 0.3) is 0 Å². The Morgan fingerprint density at radius 3 is 2.61 bits per heavy atom. The molecular weight excluding hydrogens is 436 g/mol. The number of rotatable bonds is 7. The molecule has 2 aromatic carbocycles. The molecule has 1 unspecified atom stereocenters. The van der Waals surface area contributed by atoms with Crippen molar-refractivity contribution in [2.45, 2.75) is 57.4 Å². The van der Waals surface area contributed by atoms with E-state index >= 15 is 0 Å². The lowest BCUT2D eigenvalue weighted by Gasteiger charge is -2.35. The van der Waals surface area contributed by atoms with Gasteiger partial charge < -0.3 is 9.47 Å². The molecule has 2 heterocycles. The Hall–Kier alpha value is -2.71. The van der Waals surface area contributed by atoms with E-state index in [2.05, 4.69) is 18.0 Å². The van der Waals surface area contributed by atoms with E-state index in [1.807, 2.05) is 48.6 Å². The molecule has 0 saturated carbocycles. The topological polar surface area (TPSA) is 75.5 Å². The molecule has 0 bridgehead atoms. The second-order valence-corrected chi connectivity index (χ2v) is 10.5. The van der Waals surface area contributed by atoms with Crippen LogP contribution in [0.15, 0.2) is 47.4 Å². The van der Waals surface area contributed by atoms with E-state index in [1.165, 1.54) is 9.87 Å². The molecule has 0 saturated heterocycles. The van der Waals surface area contributed by atoms with Gasteiger partial charge in [0.05, 0.1) is 15.9 Å². The van der Waals surface area contributed by atoms with Gasteiger partial charge in [0.1, 0.15) is 5.82 Å². The average Bonchev–Trinajstić information content (AvgIpc) is 3.13. The molecule has 0 aliphatic carbocycles. The van der Waals surface area contributed by atoms with Crippen LogP contribution in [0, 0.1) is 0 Å². The zero-order chi connectivity index (χ0) is 23.8. The van der Waals surface area contributed by atoms with E-state index in [0.717, 1.165) is 29.9 Å². The summed E-state index contributed by atoms with van der Waals surface area (Å²) in [5.74, 6) is 0.861. The first-order chi connectivity index (χ1) is 15.8. The first kappa shape index (κ1) is 23.4. The summed E-state index contributed by atoms with van der Waals surface area (Å²) in [6.07, 6.45) is 2.79. The van der Waals surface area contributed by atoms with Crippen molar-refractivity contribution in [3.05, 3.63) is 53.9 Å². The number of carbonyl (C=O) groups is 1. The largest absolute Gasteiger partial charge is 0.331 e. The fourth-order valence-corrected chi connectivity index (χ4v) is 6.21. The molecule has 0 radical (unpaired) electrons. The maximum Gasteiger partial charge on any atom is 0.243 e. The Morgan fingerprint density at radius 2 is 1.88 bits per heavy atom. The number of amides is 1. The van der Waals surface area contributed by atoms with Crippen molar-refractivity contribution in [2.24, 2.45) is 7.05 Å². The fourth-order valence-electron chi connectivity index (χ4n) is 4.73. The number of benzene rings is 2. The van der Waals surface area contributed by atoms with Crippen molar-refractivity contribution < 1.29 is 13.2 Å². The Morgan fingerprint density at radius 1 is 1.15 bits per heavy atom. The number of carbonyl (C=O) groups excluding carboxylic acids is 1. The van der Waals surface area contributed by atoms with Gasteiger partial charge >= 0.3 is 0 Å². The SMILES string of the molecule is CCN(CC)S(=O)(=O)c1ccc2c(c1)nc(CCC(=O)N1c3ccccc3CCC1C)n2C. The Kier molecular flexibility index (Phi) is 6.59. The molecule has 4 rings (SSSR count). The van der Waals surface area contributed by atoms with Crippen molar-refractivity contribution in [1.29, 1.82) is 0 Å². The molecular formula is C25H32N4O3S. The Labute approximate surface area is 196 Å². The minimum absolute atomic E-state index is 0.0894. The Balaban J connectivity index is 1.56. The van der Waals surface area contributed by atoms with E-state index in [1.54, 1.807) is 18.2 Å². The second-order valence-electron chi connectivity index (χ2n) is 8.61. The summed E-state index contributed by atoms with van der Waals surface area (Å²) < 4.78 is 29.2. The fraction of sp³-hybridized carbons (Fsp3) is 0.440. The van der Waals surface area contributed by atoms with Crippen LogP contribution in [0.5, 0.6) is 0 Å². The summed E-state index contributed by atoms with van der Waals surface area (Å²) in [7, 11) is -1.64. The number of fused-ring (bicyclic) bond motifs is 2. The molecule has 0 N–H and O–H groups in total. The third kappa shape index (κ3) is 4.29. The zero-order valence-corrected chi connectivity index (χ0v) is 20.6. The van der Waals surface area contributed by atoms with Crippen LogP contribution >= 0.6 is 0 Å². The van der Waals surface area contributed by atoms with Crippen LogP contribution < -0.4 is 4.90 Å². The number of nitrogens with zero attached hydrogens (tertiary/aromatic N) is 4. The third-order valence-corrected chi connectivity index (χ3v) is 8.69. The maximum atomic E-state index is 13.2. The minimum Gasteiger partial charge on any atom is -0.331 e. The summed E-state index contributed by atoms with van der Waals surface area (Å²) >= 11 is 0. The van der Waals surface area contributed by atoms with Crippen LogP contribution in [0.1, 0.15) is 45.0 Å². The molecule has 0 fully saturated rings. The summed E-state index contributed by atoms with van der Waals surface area (Å²) in [5.41, 5.74) is 3.71. The zero-order valence-electron chi connectivity index (χ0n) is 19.8. The molecule has 1 aliphatic rings. The van der Waals surface area contributed by atoms with E-state index in [4.69, 9.17) is 0 Å². The molecule has 1 atom stereocenters. The number of imidazole rings is 1. The van der Waals surface area contributed by atoms with Gasteiger partial charge in [-0.05, 0) is 49.6 Å². The number of aromatic nitrogens is 2. The quantitative estimate of drug-likeness (QED) is 0.527. The lowest BCUT2D eigenvalue weighted by atomic mass is 9.96. The van der Waals surface area contributed by atoms with E-state index in [9.17, 15) is 13.2 Å². The maximum absolute atomic E-state index is 13.2. The van der Waals surface area contributed by atoms with Crippen LogP contribution in [0.25, 0.3) is 11.0 Å². The van der Waals surface area contributed by atoms with Crippen molar-refractivity contribution >= 4 is 32.7 Å². The molecule has 1 aliphatic heterocycles. The lowest BCUT2D eigenvalue weighted by molar-refractivity contribution is -0.119. The van der Waals surface area contributed by atoms with E-state index < -0.39 is 10.0 Å². The normalized spacial score (nSPS) is 16.4. The smallest absolute Gasteiger partial charge is 0.243 e. The highest BCUT2D eigenvalue weighted by molar-refractivity contribution is 7.89. The van der Waals surface area contributed by atoms with Gasteiger partial charge in [0.2, 0.25) is 15.9 Å². The Bertz CT molecular complexity index is 1280. The second kappa shape index (κ2) is 9.27. The highest BCUT2D eigenvalue weighted by Crippen LogP contribution is 2.31. The van der Waals surface area contributed by atoms with Gasteiger partial charge in [-0.2, -0.15) is 4.31 Å². The summed E-state index contributed by atoms with van der Waals surface area (Å²) in [6.45, 7) is 6.60. The van der Waals surface area contributed by atoms with Crippen LogP contribution in [-0.4, -0.2) is 47.3 Å². The van der Waals surface area contributed by atoms with Crippen LogP contribution in [0.3, 0.4) is 0 Å². The average molecular weight is 469 g/mol. The van der Waals surface area contributed by atoms with Gasteiger partial charge in [-0.1, -0.05) is 32.0 Å².